The summed E-state index contributed by atoms with van der Waals surface area (Å²) in [5.74, 6) is -1.86. The molecule has 150 valence electrons. The van der Waals surface area contributed by atoms with Gasteiger partial charge in [0.25, 0.3) is 15.9 Å². The van der Waals surface area contributed by atoms with E-state index in [1.165, 1.54) is 12.1 Å². The molecule has 0 atom stereocenters. The van der Waals surface area contributed by atoms with Gasteiger partial charge >= 0.3 is 0 Å². The molecule has 0 radical (unpaired) electrons. The number of nitrogens with zero attached hydrogens (tertiary/aromatic N) is 1. The molecule has 5 nitrogen and oxygen atoms in total. The molecule has 1 aliphatic rings. The Bertz CT molecular complexity index is 958. The average Bonchev–Trinajstić information content (AvgIpc) is 3.47. The average molecular weight is 408 g/mol. The number of sulfonamides is 1. The van der Waals surface area contributed by atoms with E-state index in [1.54, 1.807) is 12.1 Å². The standard InChI is InChI=1S/C20H22F2N2O3S/c1-2-11-24(13-14-3-4-14)20(25)15-5-7-16(8-6-15)23-28(26,27)17-9-10-18(21)19(22)12-17/h5-10,12,14,23H,2-4,11,13H2,1H3. The van der Waals surface area contributed by atoms with Gasteiger partial charge < -0.3 is 4.90 Å². The summed E-state index contributed by atoms with van der Waals surface area (Å²) in [5, 5.41) is 0. The first kappa shape index (κ1) is 20.3. The highest BCUT2D eigenvalue weighted by Gasteiger charge is 2.27. The van der Waals surface area contributed by atoms with Crippen LogP contribution in [0.1, 0.15) is 36.5 Å². The molecule has 0 aliphatic heterocycles. The zero-order valence-electron chi connectivity index (χ0n) is 15.5. The van der Waals surface area contributed by atoms with Crippen LogP contribution in [0.25, 0.3) is 0 Å². The van der Waals surface area contributed by atoms with Gasteiger partial charge in [-0.05, 0) is 67.6 Å². The minimum Gasteiger partial charge on any atom is -0.338 e. The lowest BCUT2D eigenvalue weighted by Gasteiger charge is -2.22. The van der Waals surface area contributed by atoms with Gasteiger partial charge in [-0.1, -0.05) is 6.92 Å². The van der Waals surface area contributed by atoms with Crippen LogP contribution in [0.3, 0.4) is 0 Å². The number of carbonyl (C=O) groups excluding carboxylic acids is 1. The van der Waals surface area contributed by atoms with Gasteiger partial charge in [-0.2, -0.15) is 0 Å². The number of amides is 1. The van der Waals surface area contributed by atoms with Crippen LogP contribution in [0.15, 0.2) is 47.4 Å². The molecule has 2 aromatic carbocycles. The summed E-state index contributed by atoms with van der Waals surface area (Å²) in [6, 6.07) is 8.43. The third-order valence-corrected chi connectivity index (χ3v) is 5.92. The molecule has 8 heteroatoms. The van der Waals surface area contributed by atoms with Gasteiger partial charge in [0.2, 0.25) is 0 Å². The quantitative estimate of drug-likeness (QED) is 0.717. The van der Waals surface area contributed by atoms with Crippen LogP contribution in [-0.4, -0.2) is 32.3 Å². The molecule has 28 heavy (non-hydrogen) atoms. The molecule has 0 unspecified atom stereocenters. The maximum absolute atomic E-state index is 13.3. The number of carbonyl (C=O) groups is 1. The lowest BCUT2D eigenvalue weighted by Crippen LogP contribution is -2.33. The fourth-order valence-electron chi connectivity index (χ4n) is 2.88. The van der Waals surface area contributed by atoms with Gasteiger partial charge in [-0.15, -0.1) is 0 Å². The van der Waals surface area contributed by atoms with Gasteiger partial charge in [-0.25, -0.2) is 17.2 Å². The van der Waals surface area contributed by atoms with Crippen molar-refractivity contribution in [3.8, 4) is 0 Å². The predicted molar refractivity (Wildman–Crippen MR) is 103 cm³/mol. The topological polar surface area (TPSA) is 66.5 Å². The van der Waals surface area contributed by atoms with Crippen molar-refractivity contribution in [2.45, 2.75) is 31.1 Å². The van der Waals surface area contributed by atoms with Gasteiger partial charge in [0.15, 0.2) is 11.6 Å². The molecule has 0 aromatic heterocycles. The molecule has 3 rings (SSSR count). The number of hydrogen-bond donors (Lipinski definition) is 1. The van der Waals surface area contributed by atoms with Gasteiger partial charge in [0.1, 0.15) is 0 Å². The lowest BCUT2D eigenvalue weighted by atomic mass is 10.1. The van der Waals surface area contributed by atoms with E-state index >= 15 is 0 Å². The Morgan fingerprint density at radius 2 is 1.79 bits per heavy atom. The van der Waals surface area contributed by atoms with E-state index in [2.05, 4.69) is 4.72 Å². The molecule has 1 fully saturated rings. The number of rotatable bonds is 8. The third-order valence-electron chi connectivity index (χ3n) is 4.54. The molecular formula is C20H22F2N2O3S. The summed E-state index contributed by atoms with van der Waals surface area (Å²) in [4.78, 5) is 14.1. The van der Waals surface area contributed by atoms with Crippen molar-refractivity contribution >= 4 is 21.6 Å². The van der Waals surface area contributed by atoms with Crippen LogP contribution in [-0.2, 0) is 10.0 Å². The fraction of sp³-hybridized carbons (Fsp3) is 0.350. The van der Waals surface area contributed by atoms with Crippen molar-refractivity contribution in [2.24, 2.45) is 5.92 Å². The van der Waals surface area contributed by atoms with E-state index in [1.807, 2.05) is 11.8 Å². The molecule has 1 aliphatic carbocycles. The second-order valence-corrected chi connectivity index (χ2v) is 8.64. The van der Waals surface area contributed by atoms with E-state index in [9.17, 15) is 22.0 Å². The Morgan fingerprint density at radius 1 is 1.11 bits per heavy atom. The van der Waals surface area contributed by atoms with Crippen LogP contribution < -0.4 is 4.72 Å². The smallest absolute Gasteiger partial charge is 0.261 e. The first-order valence-corrected chi connectivity index (χ1v) is 10.7. The number of anilines is 1. The molecule has 1 N–H and O–H groups in total. The molecule has 0 bridgehead atoms. The molecule has 0 saturated heterocycles. The summed E-state index contributed by atoms with van der Waals surface area (Å²) < 4.78 is 53.3. The number of nitrogens with one attached hydrogen (secondary N) is 1. The Balaban J connectivity index is 1.72. The van der Waals surface area contributed by atoms with E-state index in [0.717, 1.165) is 37.9 Å². The SMILES string of the molecule is CCCN(CC1CC1)C(=O)c1ccc(NS(=O)(=O)c2ccc(F)c(F)c2)cc1. The minimum atomic E-state index is -4.07. The van der Waals surface area contributed by atoms with E-state index in [0.29, 0.717) is 24.1 Å². The van der Waals surface area contributed by atoms with Crippen LogP contribution in [0.4, 0.5) is 14.5 Å². The monoisotopic (exact) mass is 408 g/mol. The summed E-state index contributed by atoms with van der Waals surface area (Å²) >= 11 is 0. The Labute approximate surface area is 163 Å². The molecule has 2 aromatic rings. The zero-order chi connectivity index (χ0) is 20.3. The zero-order valence-corrected chi connectivity index (χ0v) is 16.3. The van der Waals surface area contributed by atoms with E-state index in [-0.39, 0.29) is 16.5 Å². The van der Waals surface area contributed by atoms with Crippen molar-refractivity contribution in [1.29, 1.82) is 0 Å². The first-order chi connectivity index (χ1) is 13.3. The third kappa shape index (κ3) is 4.86. The predicted octanol–water partition coefficient (Wildman–Crippen LogP) is 4.03. The fourth-order valence-corrected chi connectivity index (χ4v) is 3.95. The number of benzene rings is 2. The number of halogens is 2. The first-order valence-electron chi connectivity index (χ1n) is 9.17. The van der Waals surface area contributed by atoms with Crippen molar-refractivity contribution in [3.63, 3.8) is 0 Å². The normalized spacial score (nSPS) is 14.0. The van der Waals surface area contributed by atoms with Crippen molar-refractivity contribution in [1.82, 2.24) is 4.90 Å². The minimum absolute atomic E-state index is 0.0798. The molecule has 1 amide bonds. The van der Waals surface area contributed by atoms with E-state index < -0.39 is 21.7 Å². The highest BCUT2D eigenvalue weighted by atomic mass is 32.2. The van der Waals surface area contributed by atoms with Crippen LogP contribution >= 0.6 is 0 Å². The van der Waals surface area contributed by atoms with Crippen molar-refractivity contribution in [3.05, 3.63) is 59.7 Å². The Hall–Kier alpha value is -2.48. The maximum Gasteiger partial charge on any atom is 0.261 e. The number of hydrogen-bond acceptors (Lipinski definition) is 3. The highest BCUT2D eigenvalue weighted by molar-refractivity contribution is 7.92. The summed E-state index contributed by atoms with van der Waals surface area (Å²) in [6.45, 7) is 3.44. The summed E-state index contributed by atoms with van der Waals surface area (Å²) in [5.41, 5.74) is 0.704. The van der Waals surface area contributed by atoms with Crippen molar-refractivity contribution < 1.29 is 22.0 Å². The van der Waals surface area contributed by atoms with E-state index in [4.69, 9.17) is 0 Å². The van der Waals surface area contributed by atoms with Crippen LogP contribution in [0.5, 0.6) is 0 Å². The molecule has 0 heterocycles. The summed E-state index contributed by atoms with van der Waals surface area (Å²) in [7, 11) is -4.07. The second kappa shape index (κ2) is 8.26. The van der Waals surface area contributed by atoms with Gasteiger partial charge in [-0.3, -0.25) is 9.52 Å². The molecular weight excluding hydrogens is 386 g/mol. The van der Waals surface area contributed by atoms with Gasteiger partial charge in [0, 0.05) is 24.3 Å². The molecule has 0 spiro atoms. The van der Waals surface area contributed by atoms with Crippen LogP contribution in [0.2, 0.25) is 0 Å². The van der Waals surface area contributed by atoms with Crippen molar-refractivity contribution in [2.75, 3.05) is 17.8 Å². The van der Waals surface area contributed by atoms with Gasteiger partial charge in [0.05, 0.1) is 4.90 Å². The molecule has 1 saturated carbocycles. The lowest BCUT2D eigenvalue weighted by molar-refractivity contribution is 0.0747. The maximum atomic E-state index is 13.3. The summed E-state index contributed by atoms with van der Waals surface area (Å²) in [6.07, 6.45) is 3.17. The second-order valence-electron chi connectivity index (χ2n) is 6.95. The van der Waals surface area contributed by atoms with Crippen LogP contribution in [0, 0.1) is 17.6 Å². The largest absolute Gasteiger partial charge is 0.338 e. The highest BCUT2D eigenvalue weighted by Crippen LogP contribution is 2.30. The Kier molecular flexibility index (Phi) is 5.98. The Morgan fingerprint density at radius 3 is 2.36 bits per heavy atom.